The third-order valence-electron chi connectivity index (χ3n) is 9.21. The Morgan fingerprint density at radius 3 is 2.18 bits per heavy atom. The number of benzene rings is 3. The van der Waals surface area contributed by atoms with Gasteiger partial charge in [-0.3, -0.25) is 0 Å². The van der Waals surface area contributed by atoms with Crippen LogP contribution in [0.5, 0.6) is 5.75 Å². The predicted molar refractivity (Wildman–Crippen MR) is 197 cm³/mol. The molecule has 1 N–H and O–H groups in total. The Morgan fingerprint density at radius 1 is 0.940 bits per heavy atom. The smallest absolute Gasteiger partial charge is 0.350 e. The van der Waals surface area contributed by atoms with Gasteiger partial charge in [0.2, 0.25) is 5.79 Å². The van der Waals surface area contributed by atoms with Crippen molar-refractivity contribution in [3.63, 3.8) is 0 Å². The fourth-order valence-electron chi connectivity index (χ4n) is 6.23. The van der Waals surface area contributed by atoms with Crippen LogP contribution in [0.2, 0.25) is 5.02 Å². The first-order valence-electron chi connectivity index (χ1n) is 16.5. The molecule has 2 saturated heterocycles. The van der Waals surface area contributed by atoms with Gasteiger partial charge in [-0.25, -0.2) is 14.0 Å². The second-order valence-corrected chi connectivity index (χ2v) is 14.1. The molecule has 0 saturated carbocycles. The van der Waals surface area contributed by atoms with Gasteiger partial charge in [0, 0.05) is 46.7 Å². The van der Waals surface area contributed by atoms with Gasteiger partial charge >= 0.3 is 5.69 Å². The molecule has 0 bridgehead atoms. The first kappa shape index (κ1) is 34.5. The molecule has 13 nitrogen and oxygen atoms in total. The molecule has 4 unspecified atom stereocenters. The highest BCUT2D eigenvalue weighted by molar-refractivity contribution is 14.1. The summed E-state index contributed by atoms with van der Waals surface area (Å²) in [5.41, 5.74) is 3.42. The summed E-state index contributed by atoms with van der Waals surface area (Å²) in [5, 5.41) is 23.1. The number of aliphatic hydroxyl groups is 1. The Morgan fingerprint density at radius 2 is 1.56 bits per heavy atom. The minimum Gasteiger partial charge on any atom is -0.491 e. The largest absolute Gasteiger partial charge is 0.491 e. The van der Waals surface area contributed by atoms with E-state index in [4.69, 9.17) is 25.8 Å². The van der Waals surface area contributed by atoms with Crippen molar-refractivity contribution in [3.05, 3.63) is 110 Å². The van der Waals surface area contributed by atoms with Gasteiger partial charge in [0.15, 0.2) is 0 Å². The lowest BCUT2D eigenvalue weighted by Crippen LogP contribution is -2.46. The van der Waals surface area contributed by atoms with Crippen LogP contribution in [0, 0.1) is 3.57 Å². The minimum atomic E-state index is -1.13. The highest BCUT2D eigenvalue weighted by atomic mass is 127. The zero-order valence-electron chi connectivity index (χ0n) is 27.7. The van der Waals surface area contributed by atoms with Crippen LogP contribution < -0.4 is 20.2 Å². The maximum absolute atomic E-state index is 12.8. The summed E-state index contributed by atoms with van der Waals surface area (Å²) in [6.45, 7) is 7.78. The quantitative estimate of drug-likeness (QED) is 0.191. The molecule has 15 heteroatoms. The number of aromatic nitrogens is 6. The Bertz CT molecular complexity index is 1950. The average Bonchev–Trinajstić information content (AvgIpc) is 3.88. The van der Waals surface area contributed by atoms with Crippen LogP contribution in [0.1, 0.15) is 25.5 Å². The molecule has 50 heavy (non-hydrogen) atoms. The highest BCUT2D eigenvalue weighted by Gasteiger charge is 2.46. The molecule has 2 aliphatic heterocycles. The highest BCUT2D eigenvalue weighted by Crippen LogP contribution is 2.40. The normalized spacial score (nSPS) is 20.6. The molecule has 0 spiro atoms. The summed E-state index contributed by atoms with van der Waals surface area (Å²) < 4.78 is 22.8. The lowest BCUT2D eigenvalue weighted by Gasteiger charge is -2.37. The first-order valence-corrected chi connectivity index (χ1v) is 17.9. The lowest BCUT2D eigenvalue weighted by atomic mass is 10.1. The third-order valence-corrected chi connectivity index (χ3v) is 10.2. The SMILES string of the molecule is CC(O)C(C)n1ncn(-c2ccc(N3CCN(c4ccc(OCC5COC(Cn6nccn6)(c6ccc(I)cc6Cl)O5)cc4)CC3)cc2)c1=O. The van der Waals surface area contributed by atoms with Crippen LogP contribution in [-0.2, 0) is 21.8 Å². The van der Waals surface area contributed by atoms with Gasteiger partial charge in [0.05, 0.1) is 41.9 Å². The molecule has 0 radical (unpaired) electrons. The number of rotatable bonds is 11. The Balaban J connectivity index is 0.924. The number of hydrogen-bond donors (Lipinski definition) is 1. The lowest BCUT2D eigenvalue weighted by molar-refractivity contribution is -0.192. The topological polar surface area (TPSA) is 125 Å². The maximum Gasteiger partial charge on any atom is 0.350 e. The standard InChI is InChI=1S/C35H38ClIN8O5/c1-24(25(2)46)45-34(47)43(23-40-45)29-6-4-27(5-7-29)41-15-17-42(18-16-41)28-8-10-30(11-9-28)48-20-31-21-49-35(50-31,22-44-38-13-14-39-44)32-12-3-26(37)19-33(32)36/h3-14,19,23-25,31,46H,15-18,20-22H2,1-2H3. The van der Waals surface area contributed by atoms with Gasteiger partial charge in [-0.05, 0) is 97.1 Å². The van der Waals surface area contributed by atoms with E-state index in [0.717, 1.165) is 58.1 Å². The van der Waals surface area contributed by atoms with E-state index in [1.165, 1.54) is 20.4 Å². The molecule has 3 aromatic carbocycles. The molecule has 2 aromatic heterocycles. The van der Waals surface area contributed by atoms with Crippen LogP contribution in [0.25, 0.3) is 5.69 Å². The number of anilines is 2. The van der Waals surface area contributed by atoms with E-state index < -0.39 is 17.9 Å². The number of aliphatic hydroxyl groups excluding tert-OH is 1. The van der Waals surface area contributed by atoms with Crippen LogP contribution in [0.3, 0.4) is 0 Å². The van der Waals surface area contributed by atoms with Crippen molar-refractivity contribution < 1.29 is 19.3 Å². The molecular formula is C35H38ClIN8O5. The van der Waals surface area contributed by atoms with Gasteiger partial charge in [-0.15, -0.1) is 0 Å². The fraction of sp³-hybridized carbons (Fsp3) is 0.371. The molecule has 262 valence electrons. The van der Waals surface area contributed by atoms with E-state index in [1.54, 1.807) is 26.2 Å². The number of ether oxygens (including phenoxy) is 3. The Labute approximate surface area is 308 Å². The van der Waals surface area contributed by atoms with Crippen molar-refractivity contribution in [1.82, 2.24) is 29.3 Å². The van der Waals surface area contributed by atoms with Crippen molar-refractivity contribution in [2.24, 2.45) is 0 Å². The van der Waals surface area contributed by atoms with Gasteiger partial charge in [0.1, 0.15) is 31.3 Å². The van der Waals surface area contributed by atoms with Crippen molar-refractivity contribution in [1.29, 1.82) is 0 Å². The molecule has 2 aliphatic rings. The molecule has 4 heterocycles. The van der Waals surface area contributed by atoms with Gasteiger partial charge < -0.3 is 29.1 Å². The number of piperazine rings is 1. The van der Waals surface area contributed by atoms with E-state index in [1.807, 2.05) is 54.6 Å². The van der Waals surface area contributed by atoms with Crippen LogP contribution in [-0.4, -0.2) is 86.0 Å². The number of halogens is 2. The molecule has 2 fully saturated rings. The molecule has 0 amide bonds. The monoisotopic (exact) mass is 812 g/mol. The Hall–Kier alpha value is -3.96. The molecule has 7 rings (SSSR count). The second-order valence-electron chi connectivity index (χ2n) is 12.5. The summed E-state index contributed by atoms with van der Waals surface area (Å²) >= 11 is 8.88. The summed E-state index contributed by atoms with van der Waals surface area (Å²) in [4.78, 5) is 19.1. The molecule has 5 aromatic rings. The summed E-state index contributed by atoms with van der Waals surface area (Å²) in [6.07, 6.45) is 3.73. The second kappa shape index (κ2) is 14.7. The average molecular weight is 813 g/mol. The zero-order valence-corrected chi connectivity index (χ0v) is 30.6. The van der Waals surface area contributed by atoms with E-state index in [0.29, 0.717) is 18.2 Å². The van der Waals surface area contributed by atoms with E-state index in [2.05, 4.69) is 59.8 Å². The first-order chi connectivity index (χ1) is 24.2. The minimum absolute atomic E-state index is 0.253. The van der Waals surface area contributed by atoms with E-state index >= 15 is 0 Å². The molecule has 0 aliphatic carbocycles. The Kier molecular flexibility index (Phi) is 10.2. The fourth-order valence-corrected chi connectivity index (χ4v) is 7.23. The van der Waals surface area contributed by atoms with Gasteiger partial charge in [-0.1, -0.05) is 17.7 Å². The van der Waals surface area contributed by atoms with Crippen molar-refractivity contribution in [2.75, 3.05) is 49.2 Å². The summed E-state index contributed by atoms with van der Waals surface area (Å²) in [5.74, 6) is -0.385. The van der Waals surface area contributed by atoms with E-state index in [-0.39, 0.29) is 18.3 Å². The van der Waals surface area contributed by atoms with E-state index in [9.17, 15) is 9.90 Å². The zero-order chi connectivity index (χ0) is 34.8. The van der Waals surface area contributed by atoms with Gasteiger partial charge in [-0.2, -0.15) is 20.1 Å². The van der Waals surface area contributed by atoms with Crippen molar-refractivity contribution >= 4 is 45.6 Å². The van der Waals surface area contributed by atoms with Crippen molar-refractivity contribution in [2.45, 2.75) is 44.4 Å². The van der Waals surface area contributed by atoms with Crippen LogP contribution in [0.4, 0.5) is 11.4 Å². The van der Waals surface area contributed by atoms with Gasteiger partial charge in [0.25, 0.3) is 0 Å². The summed E-state index contributed by atoms with van der Waals surface area (Å²) in [6, 6.07) is 21.4. The predicted octanol–water partition coefficient (Wildman–Crippen LogP) is 4.50. The molecule has 4 atom stereocenters. The van der Waals surface area contributed by atoms with Crippen LogP contribution >= 0.6 is 34.2 Å². The third kappa shape index (κ3) is 7.26. The number of hydrogen-bond acceptors (Lipinski definition) is 10. The molecular weight excluding hydrogens is 775 g/mol. The summed E-state index contributed by atoms with van der Waals surface area (Å²) in [7, 11) is 0. The number of nitrogens with zero attached hydrogens (tertiary/aromatic N) is 8. The maximum atomic E-state index is 12.8. The van der Waals surface area contributed by atoms with Crippen molar-refractivity contribution in [3.8, 4) is 11.4 Å². The van der Waals surface area contributed by atoms with Crippen LogP contribution in [0.15, 0.2) is 90.2 Å².